The summed E-state index contributed by atoms with van der Waals surface area (Å²) in [6, 6.07) is 12.3. The second-order valence-corrected chi connectivity index (χ2v) is 5.12. The molecule has 2 aromatic heterocycles. The largest absolute Gasteiger partial charge is 3.00 e. The molecule has 4 nitrogen and oxygen atoms in total. The van der Waals surface area contributed by atoms with Gasteiger partial charge in [-0.1, -0.05) is 23.8 Å². The summed E-state index contributed by atoms with van der Waals surface area (Å²) in [7, 11) is 6.59. The Balaban J connectivity index is 0.000000273. The molecule has 0 atom stereocenters. The van der Waals surface area contributed by atoms with E-state index in [1.807, 2.05) is 0 Å². The van der Waals surface area contributed by atoms with Crippen molar-refractivity contribution in [2.45, 2.75) is 0 Å². The first-order chi connectivity index (χ1) is 12.4. The molecule has 0 saturated carbocycles. The number of carbonyl (C=O) groups excluding carboxylic acids is 1. The zero-order chi connectivity index (χ0) is 19.1. The molecular formula is C20H16F2IrN2O2+. The number of esters is 1. The van der Waals surface area contributed by atoms with Crippen molar-refractivity contribution in [1.29, 1.82) is 0 Å². The molecule has 140 valence electrons. The minimum absolute atomic E-state index is 0. The molecule has 2 heterocycles. The summed E-state index contributed by atoms with van der Waals surface area (Å²) < 4.78 is 32.0. The molecule has 0 N–H and O–H groups in total. The molecule has 0 amide bonds. The third-order valence-electron chi connectivity index (χ3n) is 3.34. The van der Waals surface area contributed by atoms with Gasteiger partial charge in [0.25, 0.3) is 0 Å². The van der Waals surface area contributed by atoms with Crippen molar-refractivity contribution < 1.29 is 43.0 Å². The van der Waals surface area contributed by atoms with E-state index in [4.69, 9.17) is 0 Å². The van der Waals surface area contributed by atoms with Crippen LogP contribution < -0.4 is 4.57 Å². The Bertz CT molecular complexity index is 882. The predicted molar refractivity (Wildman–Crippen MR) is 92.2 cm³/mol. The minimum atomic E-state index is -0.640. The van der Waals surface area contributed by atoms with Crippen LogP contribution in [0, 0.1) is 32.7 Å². The van der Waals surface area contributed by atoms with Crippen molar-refractivity contribution in [3.05, 3.63) is 105 Å². The number of hydrogen-bond donors (Lipinski definition) is 0. The smallest absolute Gasteiger partial charge is 0.642 e. The summed E-state index contributed by atoms with van der Waals surface area (Å²) >= 11 is 0. The van der Waals surface area contributed by atoms with E-state index in [1.165, 1.54) is 10.6 Å². The van der Waals surface area contributed by atoms with Crippen LogP contribution in [0.25, 0.3) is 11.3 Å². The molecule has 0 spiro atoms. The van der Waals surface area contributed by atoms with Crippen LogP contribution in [0.4, 0.5) is 8.78 Å². The third-order valence-corrected chi connectivity index (χ3v) is 3.34. The van der Waals surface area contributed by atoms with E-state index in [-0.39, 0.29) is 25.7 Å². The Kier molecular flexibility index (Phi) is 8.58. The number of rotatable bonds is 2. The fraction of sp³-hybridized carbons (Fsp3) is 0. The number of hydrogen-bond acceptors (Lipinski definition) is 3. The van der Waals surface area contributed by atoms with Crippen LogP contribution in [-0.4, -0.2) is 11.0 Å². The van der Waals surface area contributed by atoms with Gasteiger partial charge in [-0.05, 0) is 24.3 Å². The molecule has 0 radical (unpaired) electrons. The van der Waals surface area contributed by atoms with E-state index < -0.39 is 17.6 Å². The fourth-order valence-electron chi connectivity index (χ4n) is 2.16. The Labute approximate surface area is 170 Å². The average Bonchev–Trinajstić information content (AvgIpc) is 2.62. The zero-order valence-electron chi connectivity index (χ0n) is 14.2. The van der Waals surface area contributed by atoms with E-state index in [0.717, 1.165) is 6.07 Å². The van der Waals surface area contributed by atoms with Crippen molar-refractivity contribution in [1.82, 2.24) is 4.98 Å². The maximum Gasteiger partial charge on any atom is 3.00 e. The molecule has 7 heteroatoms. The van der Waals surface area contributed by atoms with Gasteiger partial charge in [-0.15, -0.1) is 6.07 Å². The van der Waals surface area contributed by atoms with Gasteiger partial charge >= 0.3 is 26.1 Å². The van der Waals surface area contributed by atoms with Crippen molar-refractivity contribution in [2.24, 2.45) is 0 Å². The zero-order valence-corrected chi connectivity index (χ0v) is 16.6. The minimum Gasteiger partial charge on any atom is -0.642 e. The van der Waals surface area contributed by atoms with Crippen LogP contribution in [0.5, 0.6) is 0 Å². The molecule has 1 aromatic carbocycles. The first-order valence-electron chi connectivity index (χ1n) is 7.44. The van der Waals surface area contributed by atoms with Crippen molar-refractivity contribution in [3.8, 4) is 11.3 Å². The average molecular weight is 547 g/mol. The first kappa shape index (κ1) is 22.3. The summed E-state index contributed by atoms with van der Waals surface area (Å²) in [5.74, 6) is -1.75. The number of ether oxygens (including phenoxy) is 1. The molecule has 0 aliphatic heterocycles. The van der Waals surface area contributed by atoms with Crippen LogP contribution >= 0.6 is 0 Å². The van der Waals surface area contributed by atoms with E-state index in [2.05, 4.69) is 30.8 Å². The Morgan fingerprint density at radius 2 is 1.81 bits per heavy atom. The van der Waals surface area contributed by atoms with E-state index in [0.29, 0.717) is 17.0 Å². The number of carbonyl (C=O) groups is 1. The number of aromatic nitrogens is 2. The number of pyridine rings is 2. The van der Waals surface area contributed by atoms with Gasteiger partial charge in [0.05, 0.1) is 17.8 Å². The summed E-state index contributed by atoms with van der Waals surface area (Å²) in [5, 5.41) is 0. The summed E-state index contributed by atoms with van der Waals surface area (Å²) in [5.41, 5.74) is 1.38. The summed E-state index contributed by atoms with van der Waals surface area (Å²) in [6.07, 6.45) is 3.21. The van der Waals surface area contributed by atoms with Gasteiger partial charge in [0.1, 0.15) is 0 Å². The first-order valence-corrected chi connectivity index (χ1v) is 7.44. The predicted octanol–water partition coefficient (Wildman–Crippen LogP) is 3.77. The third kappa shape index (κ3) is 5.88. The maximum atomic E-state index is 13.5. The quantitative estimate of drug-likeness (QED) is 0.279. The molecule has 0 aliphatic rings. The number of benzene rings is 1. The van der Waals surface area contributed by atoms with E-state index in [1.54, 1.807) is 48.8 Å². The molecule has 0 fully saturated rings. The second kappa shape index (κ2) is 10.4. The van der Waals surface area contributed by atoms with Gasteiger partial charge in [-0.25, -0.2) is 8.78 Å². The summed E-state index contributed by atoms with van der Waals surface area (Å²) in [6.45, 7) is 3.60. The second-order valence-electron chi connectivity index (χ2n) is 5.12. The topological polar surface area (TPSA) is 43.1 Å². The molecule has 0 unspecified atom stereocenters. The van der Waals surface area contributed by atoms with Crippen molar-refractivity contribution in [2.75, 3.05) is 0 Å². The van der Waals surface area contributed by atoms with Crippen LogP contribution in [0.3, 0.4) is 0 Å². The SMILES string of the molecule is [CH2-]OC(=O)c1cccc[n+]1[CH2-].[CH2-]c1cc(F)cc(F)c1-c1ccccn1.[Ir+3]. The monoisotopic (exact) mass is 547 g/mol. The molecule has 3 aromatic rings. The van der Waals surface area contributed by atoms with Gasteiger partial charge in [0, 0.05) is 18.9 Å². The molecule has 0 bridgehead atoms. The number of halogens is 2. The maximum absolute atomic E-state index is 13.5. The standard InChI is InChI=1S/C12H8F2N.C8H8NO2.Ir/c1-8-6-9(13)7-10(14)12(8)11-4-2-3-5-15-11;1-9-6-4-3-5-7(9)8(10)11-2;/h2-7H,1H2;3-6H,1-2H2;/q2*-1;+3. The van der Waals surface area contributed by atoms with Crippen LogP contribution in [0.1, 0.15) is 16.1 Å². The van der Waals surface area contributed by atoms with Crippen LogP contribution in [0.2, 0.25) is 0 Å². The Morgan fingerprint density at radius 1 is 1.11 bits per heavy atom. The van der Waals surface area contributed by atoms with Crippen molar-refractivity contribution >= 4 is 5.97 Å². The fourth-order valence-corrected chi connectivity index (χ4v) is 2.16. The normalized spacial score (nSPS) is 9.44. The van der Waals surface area contributed by atoms with E-state index >= 15 is 0 Å². The Hall–Kier alpha value is -2.76. The van der Waals surface area contributed by atoms with Gasteiger partial charge in [0.15, 0.2) is 5.69 Å². The molecule has 0 aliphatic carbocycles. The molecular weight excluding hydrogens is 530 g/mol. The molecule has 3 rings (SSSR count). The van der Waals surface area contributed by atoms with E-state index in [9.17, 15) is 13.6 Å². The van der Waals surface area contributed by atoms with Crippen LogP contribution in [-0.2, 0) is 24.8 Å². The van der Waals surface area contributed by atoms with Gasteiger partial charge in [-0.2, -0.15) is 19.6 Å². The van der Waals surface area contributed by atoms with Gasteiger partial charge in [0.2, 0.25) is 0 Å². The van der Waals surface area contributed by atoms with Gasteiger partial charge < -0.3 is 9.30 Å². The van der Waals surface area contributed by atoms with Crippen molar-refractivity contribution in [3.63, 3.8) is 0 Å². The molecule has 27 heavy (non-hydrogen) atoms. The molecule has 0 saturated heterocycles. The summed E-state index contributed by atoms with van der Waals surface area (Å²) in [4.78, 5) is 14.9. The van der Waals surface area contributed by atoms with Gasteiger partial charge in [-0.3, -0.25) is 9.78 Å². The van der Waals surface area contributed by atoms with Crippen LogP contribution in [0.15, 0.2) is 60.9 Å². The Morgan fingerprint density at radius 3 is 2.37 bits per heavy atom. The number of nitrogens with zero attached hydrogens (tertiary/aromatic N) is 2.